The number of benzene rings is 1. The van der Waals surface area contributed by atoms with Gasteiger partial charge in [-0.25, -0.2) is 9.48 Å². The number of hydrogen-bond acceptors (Lipinski definition) is 6. The molecule has 1 aromatic heterocycles. The molecular formula is C16H18N6O3. The van der Waals surface area contributed by atoms with Gasteiger partial charge in [-0.3, -0.25) is 9.69 Å². The Labute approximate surface area is 143 Å². The quantitative estimate of drug-likeness (QED) is 0.825. The second-order valence-electron chi connectivity index (χ2n) is 6.14. The molecule has 2 aliphatic rings. The van der Waals surface area contributed by atoms with Gasteiger partial charge in [-0.05, 0) is 22.9 Å². The summed E-state index contributed by atoms with van der Waals surface area (Å²) in [7, 11) is 0. The Kier molecular flexibility index (Phi) is 3.63. The SMILES string of the molecule is CCCn1nnnc1CN1C(=O)NC2(CCOc3ccccc32)C1=O. The minimum Gasteiger partial charge on any atom is -0.493 e. The van der Waals surface area contributed by atoms with Crippen LogP contribution in [-0.4, -0.2) is 43.7 Å². The van der Waals surface area contributed by atoms with Crippen molar-refractivity contribution < 1.29 is 14.3 Å². The van der Waals surface area contributed by atoms with Gasteiger partial charge in [0, 0.05) is 18.5 Å². The van der Waals surface area contributed by atoms with Crippen molar-refractivity contribution in [2.75, 3.05) is 6.61 Å². The average molecular weight is 342 g/mol. The normalized spacial score (nSPS) is 22.0. The van der Waals surface area contributed by atoms with Gasteiger partial charge in [0.1, 0.15) is 5.75 Å². The lowest BCUT2D eigenvalue weighted by Crippen LogP contribution is -2.47. The Morgan fingerprint density at radius 2 is 2.16 bits per heavy atom. The van der Waals surface area contributed by atoms with Gasteiger partial charge in [0.2, 0.25) is 0 Å². The molecule has 1 N–H and O–H groups in total. The van der Waals surface area contributed by atoms with E-state index in [-0.39, 0.29) is 12.5 Å². The van der Waals surface area contributed by atoms with Gasteiger partial charge in [0.15, 0.2) is 11.4 Å². The zero-order valence-electron chi connectivity index (χ0n) is 13.8. The summed E-state index contributed by atoms with van der Waals surface area (Å²) < 4.78 is 7.24. The zero-order valence-corrected chi connectivity index (χ0v) is 13.8. The summed E-state index contributed by atoms with van der Waals surface area (Å²) in [6.07, 6.45) is 1.25. The van der Waals surface area contributed by atoms with Crippen molar-refractivity contribution in [2.24, 2.45) is 0 Å². The number of urea groups is 1. The summed E-state index contributed by atoms with van der Waals surface area (Å²) in [5, 5.41) is 14.4. The van der Waals surface area contributed by atoms with E-state index in [0.29, 0.717) is 36.7 Å². The summed E-state index contributed by atoms with van der Waals surface area (Å²) in [6, 6.07) is 6.86. The lowest BCUT2D eigenvalue weighted by molar-refractivity contribution is -0.133. The Bertz CT molecular complexity index is 835. The molecule has 1 spiro atoms. The molecule has 25 heavy (non-hydrogen) atoms. The number of aryl methyl sites for hydroxylation is 1. The average Bonchev–Trinajstić information content (AvgIpc) is 3.15. The van der Waals surface area contributed by atoms with Crippen LogP contribution in [0.2, 0.25) is 0 Å². The van der Waals surface area contributed by atoms with Gasteiger partial charge in [-0.15, -0.1) is 5.10 Å². The number of carbonyl (C=O) groups excluding carboxylic acids is 2. The lowest BCUT2D eigenvalue weighted by Gasteiger charge is -2.33. The van der Waals surface area contributed by atoms with Crippen LogP contribution in [0, 0.1) is 0 Å². The van der Waals surface area contributed by atoms with Crippen LogP contribution in [0.1, 0.15) is 31.2 Å². The molecule has 3 amide bonds. The highest BCUT2D eigenvalue weighted by Crippen LogP contribution is 2.41. The number of amides is 3. The third-order valence-corrected chi connectivity index (χ3v) is 4.60. The molecule has 2 aromatic rings. The number of ether oxygens (including phenoxy) is 1. The maximum atomic E-state index is 13.2. The predicted octanol–water partition coefficient (Wildman–Crippen LogP) is 0.813. The Balaban J connectivity index is 1.66. The lowest BCUT2D eigenvalue weighted by atomic mass is 9.84. The van der Waals surface area contributed by atoms with Gasteiger partial charge in [-0.2, -0.15) is 0 Å². The molecular weight excluding hydrogens is 324 g/mol. The largest absolute Gasteiger partial charge is 0.493 e. The molecule has 1 unspecified atom stereocenters. The van der Waals surface area contributed by atoms with E-state index in [4.69, 9.17) is 4.74 Å². The monoisotopic (exact) mass is 342 g/mol. The van der Waals surface area contributed by atoms with E-state index >= 15 is 0 Å². The number of rotatable bonds is 4. The number of fused-ring (bicyclic) bond motifs is 2. The van der Waals surface area contributed by atoms with Gasteiger partial charge in [-0.1, -0.05) is 25.1 Å². The zero-order chi connectivity index (χ0) is 17.4. The first-order valence-electron chi connectivity index (χ1n) is 8.27. The fraction of sp³-hybridized carbons (Fsp3) is 0.438. The number of aromatic nitrogens is 4. The Morgan fingerprint density at radius 3 is 3.00 bits per heavy atom. The van der Waals surface area contributed by atoms with Crippen LogP contribution in [0.3, 0.4) is 0 Å². The summed E-state index contributed by atoms with van der Waals surface area (Å²) in [5.41, 5.74) is -0.384. The van der Waals surface area contributed by atoms with Gasteiger partial charge >= 0.3 is 6.03 Å². The first-order chi connectivity index (χ1) is 12.2. The smallest absolute Gasteiger partial charge is 0.325 e. The second-order valence-corrected chi connectivity index (χ2v) is 6.14. The van der Waals surface area contributed by atoms with Crippen LogP contribution in [0.4, 0.5) is 4.79 Å². The fourth-order valence-electron chi connectivity index (χ4n) is 3.38. The number of tetrazole rings is 1. The van der Waals surface area contributed by atoms with Gasteiger partial charge in [0.05, 0.1) is 13.2 Å². The van der Waals surface area contributed by atoms with E-state index in [2.05, 4.69) is 20.8 Å². The number of carbonyl (C=O) groups is 2. The molecule has 0 saturated carbocycles. The molecule has 1 saturated heterocycles. The third-order valence-electron chi connectivity index (χ3n) is 4.60. The van der Waals surface area contributed by atoms with Crippen LogP contribution in [0.15, 0.2) is 24.3 Å². The van der Waals surface area contributed by atoms with E-state index in [1.807, 2.05) is 25.1 Å². The molecule has 9 heteroatoms. The topological polar surface area (TPSA) is 102 Å². The maximum absolute atomic E-state index is 13.2. The van der Waals surface area contributed by atoms with Crippen LogP contribution in [0.25, 0.3) is 0 Å². The van der Waals surface area contributed by atoms with Gasteiger partial charge in [0.25, 0.3) is 5.91 Å². The van der Waals surface area contributed by atoms with E-state index in [9.17, 15) is 9.59 Å². The molecule has 0 radical (unpaired) electrons. The van der Waals surface area contributed by atoms with Crippen molar-refractivity contribution in [1.29, 1.82) is 0 Å². The van der Waals surface area contributed by atoms with Gasteiger partial charge < -0.3 is 10.1 Å². The van der Waals surface area contributed by atoms with Crippen LogP contribution < -0.4 is 10.1 Å². The van der Waals surface area contributed by atoms with Crippen molar-refractivity contribution in [2.45, 2.75) is 38.4 Å². The molecule has 1 fully saturated rings. The van der Waals surface area contributed by atoms with Crippen molar-refractivity contribution in [3.8, 4) is 5.75 Å². The Morgan fingerprint density at radius 1 is 1.32 bits per heavy atom. The highest BCUT2D eigenvalue weighted by Gasteiger charge is 2.55. The molecule has 4 rings (SSSR count). The molecule has 9 nitrogen and oxygen atoms in total. The summed E-state index contributed by atoms with van der Waals surface area (Å²) >= 11 is 0. The standard InChI is InChI=1S/C16H18N6O3/c1-2-8-22-13(18-19-20-22)10-21-14(23)16(17-15(21)24)7-9-25-12-6-4-3-5-11(12)16/h3-6H,2,7-10H2,1H3,(H,17,24). The van der Waals surface area contributed by atoms with Crippen molar-refractivity contribution in [3.05, 3.63) is 35.7 Å². The number of imide groups is 1. The van der Waals surface area contributed by atoms with E-state index in [0.717, 1.165) is 6.42 Å². The molecule has 130 valence electrons. The third kappa shape index (κ3) is 2.34. The number of nitrogens with one attached hydrogen (secondary N) is 1. The highest BCUT2D eigenvalue weighted by molar-refractivity contribution is 6.07. The summed E-state index contributed by atoms with van der Waals surface area (Å²) in [6.45, 7) is 3.05. The van der Waals surface area contributed by atoms with E-state index in [1.165, 1.54) is 4.90 Å². The Hall–Kier alpha value is -2.97. The van der Waals surface area contributed by atoms with Crippen LogP contribution in [-0.2, 0) is 23.4 Å². The van der Waals surface area contributed by atoms with Crippen LogP contribution >= 0.6 is 0 Å². The summed E-state index contributed by atoms with van der Waals surface area (Å²) in [5.74, 6) is 0.821. The highest BCUT2D eigenvalue weighted by atomic mass is 16.5. The first kappa shape index (κ1) is 15.6. The van der Waals surface area contributed by atoms with Crippen molar-refractivity contribution >= 4 is 11.9 Å². The van der Waals surface area contributed by atoms with E-state index < -0.39 is 11.6 Å². The molecule has 1 atom stereocenters. The van der Waals surface area contributed by atoms with Crippen molar-refractivity contribution in [1.82, 2.24) is 30.4 Å². The number of para-hydroxylation sites is 1. The van der Waals surface area contributed by atoms with E-state index in [1.54, 1.807) is 10.7 Å². The number of nitrogens with zero attached hydrogens (tertiary/aromatic N) is 5. The maximum Gasteiger partial charge on any atom is 0.325 e. The van der Waals surface area contributed by atoms with Crippen LogP contribution in [0.5, 0.6) is 5.75 Å². The first-order valence-corrected chi connectivity index (χ1v) is 8.27. The molecule has 3 heterocycles. The molecule has 0 aliphatic carbocycles. The summed E-state index contributed by atoms with van der Waals surface area (Å²) in [4.78, 5) is 26.9. The second kappa shape index (κ2) is 5.83. The molecule has 2 aliphatic heterocycles. The molecule has 1 aromatic carbocycles. The number of hydrogen-bond donors (Lipinski definition) is 1. The molecule has 0 bridgehead atoms. The minimum absolute atomic E-state index is 0.0441. The minimum atomic E-state index is -1.07. The predicted molar refractivity (Wildman–Crippen MR) is 85.4 cm³/mol. The fourth-order valence-corrected chi connectivity index (χ4v) is 3.38. The van der Waals surface area contributed by atoms with Crippen molar-refractivity contribution in [3.63, 3.8) is 0 Å².